The fourth-order valence-electron chi connectivity index (χ4n) is 1.67. The average molecular weight is 342 g/mol. The number of benzene rings is 1. The Hall–Kier alpha value is -1.93. The van der Waals surface area contributed by atoms with Gasteiger partial charge in [0.2, 0.25) is 15.9 Å². The van der Waals surface area contributed by atoms with Crippen LogP contribution in [-0.2, 0) is 24.3 Å². The molecule has 0 aromatic heterocycles. The van der Waals surface area contributed by atoms with Gasteiger partial charge in [-0.3, -0.25) is 9.59 Å². The van der Waals surface area contributed by atoms with Gasteiger partial charge in [0.05, 0.1) is 18.4 Å². The number of methoxy groups -OCH3 is 1. The van der Waals surface area contributed by atoms with Crippen molar-refractivity contribution in [2.75, 3.05) is 12.4 Å². The largest absolute Gasteiger partial charge is 0.469 e. The number of amides is 1. The fourth-order valence-corrected chi connectivity index (χ4v) is 3.00. The summed E-state index contributed by atoms with van der Waals surface area (Å²) in [6, 6.07) is 5.68. The molecule has 8 heteroatoms. The van der Waals surface area contributed by atoms with E-state index < -0.39 is 16.0 Å². The molecule has 0 aliphatic rings. The van der Waals surface area contributed by atoms with Gasteiger partial charge in [0.15, 0.2) is 0 Å². The van der Waals surface area contributed by atoms with Crippen LogP contribution in [0.3, 0.4) is 0 Å². The molecule has 0 fully saturated rings. The summed E-state index contributed by atoms with van der Waals surface area (Å²) in [4.78, 5) is 22.7. The molecule has 1 amide bonds. The van der Waals surface area contributed by atoms with Crippen molar-refractivity contribution in [3.8, 4) is 0 Å². The molecule has 7 nitrogen and oxygen atoms in total. The van der Waals surface area contributed by atoms with Gasteiger partial charge in [0, 0.05) is 18.2 Å². The number of esters is 1. The van der Waals surface area contributed by atoms with E-state index in [0.29, 0.717) is 12.1 Å². The molecule has 1 unspecified atom stereocenters. The first-order valence-corrected chi connectivity index (χ1v) is 8.76. The van der Waals surface area contributed by atoms with Crippen LogP contribution in [0.25, 0.3) is 0 Å². The van der Waals surface area contributed by atoms with E-state index in [0.717, 1.165) is 0 Å². The van der Waals surface area contributed by atoms with Gasteiger partial charge in [-0.15, -0.1) is 0 Å². The van der Waals surface area contributed by atoms with Crippen LogP contribution < -0.4 is 10.0 Å². The molecule has 0 radical (unpaired) electrons. The van der Waals surface area contributed by atoms with Crippen molar-refractivity contribution < 1.29 is 22.7 Å². The van der Waals surface area contributed by atoms with Crippen molar-refractivity contribution >= 4 is 27.6 Å². The molecule has 1 aromatic rings. The molecule has 23 heavy (non-hydrogen) atoms. The first kappa shape index (κ1) is 19.1. The van der Waals surface area contributed by atoms with Crippen LogP contribution in [0.4, 0.5) is 5.69 Å². The minimum absolute atomic E-state index is 0.00228. The van der Waals surface area contributed by atoms with Gasteiger partial charge in [-0.1, -0.05) is 6.92 Å². The zero-order valence-corrected chi connectivity index (χ0v) is 14.3. The Morgan fingerprint density at radius 1 is 1.17 bits per heavy atom. The lowest BCUT2D eigenvalue weighted by Crippen LogP contribution is -2.31. The highest BCUT2D eigenvalue weighted by atomic mass is 32.2. The summed E-state index contributed by atoms with van der Waals surface area (Å²) in [6.07, 6.45) is 0.684. The molecule has 0 heterocycles. The van der Waals surface area contributed by atoms with E-state index in [2.05, 4.69) is 14.8 Å². The highest BCUT2D eigenvalue weighted by molar-refractivity contribution is 7.89. The topological polar surface area (TPSA) is 102 Å². The van der Waals surface area contributed by atoms with E-state index in [-0.39, 0.29) is 29.7 Å². The molecule has 1 rings (SSSR count). The molecule has 1 atom stereocenters. The molecule has 0 spiro atoms. The van der Waals surface area contributed by atoms with E-state index in [9.17, 15) is 18.0 Å². The van der Waals surface area contributed by atoms with Gasteiger partial charge in [-0.25, -0.2) is 13.1 Å². The van der Waals surface area contributed by atoms with Crippen molar-refractivity contribution in [3.05, 3.63) is 24.3 Å². The van der Waals surface area contributed by atoms with E-state index in [4.69, 9.17) is 0 Å². The van der Waals surface area contributed by atoms with Crippen molar-refractivity contribution in [3.63, 3.8) is 0 Å². The van der Waals surface area contributed by atoms with Crippen LogP contribution in [0.5, 0.6) is 0 Å². The number of hydrogen-bond acceptors (Lipinski definition) is 5. The number of anilines is 1. The maximum Gasteiger partial charge on any atom is 0.306 e. The van der Waals surface area contributed by atoms with Gasteiger partial charge in [0.25, 0.3) is 0 Å². The quantitative estimate of drug-likeness (QED) is 0.700. The van der Waals surface area contributed by atoms with Gasteiger partial charge >= 0.3 is 5.97 Å². The molecule has 2 N–H and O–H groups in total. The normalized spacial score (nSPS) is 12.5. The molecule has 128 valence electrons. The zero-order chi connectivity index (χ0) is 17.5. The van der Waals surface area contributed by atoms with Crippen LogP contribution in [0.2, 0.25) is 0 Å². The standard InChI is InChI=1S/C15H22N2O5S/c1-4-11(2)17-23(20,21)13-7-5-12(6-8-13)16-14(18)9-10-15(19)22-3/h5-8,11,17H,4,9-10H2,1-3H3,(H,16,18). The zero-order valence-electron chi connectivity index (χ0n) is 13.5. The second-order valence-electron chi connectivity index (χ2n) is 5.08. The number of carbonyl (C=O) groups excluding carboxylic acids is 2. The predicted octanol–water partition coefficient (Wildman–Crippen LogP) is 1.66. The summed E-state index contributed by atoms with van der Waals surface area (Å²) in [5, 5.41) is 2.59. The lowest BCUT2D eigenvalue weighted by atomic mass is 10.2. The third kappa shape index (κ3) is 6.37. The Labute approximate surface area is 136 Å². The van der Waals surface area contributed by atoms with Gasteiger partial charge in [0.1, 0.15) is 0 Å². The maximum atomic E-state index is 12.1. The summed E-state index contributed by atoms with van der Waals surface area (Å²) in [5.74, 6) is -0.804. The summed E-state index contributed by atoms with van der Waals surface area (Å²) >= 11 is 0. The molecule has 0 aliphatic carbocycles. The lowest BCUT2D eigenvalue weighted by molar-refractivity contribution is -0.141. The van der Waals surface area contributed by atoms with Crippen LogP contribution in [0, 0.1) is 0 Å². The molecule has 0 aliphatic heterocycles. The monoisotopic (exact) mass is 342 g/mol. The Kier molecular flexibility index (Phi) is 7.18. The maximum absolute atomic E-state index is 12.1. The third-order valence-corrected chi connectivity index (χ3v) is 4.81. The van der Waals surface area contributed by atoms with Crippen LogP contribution in [0.1, 0.15) is 33.1 Å². The SMILES string of the molecule is CCC(C)NS(=O)(=O)c1ccc(NC(=O)CCC(=O)OC)cc1. The second kappa shape index (κ2) is 8.64. The smallest absolute Gasteiger partial charge is 0.306 e. The number of sulfonamides is 1. The van der Waals surface area contributed by atoms with Crippen LogP contribution in [0.15, 0.2) is 29.2 Å². The summed E-state index contributed by atoms with van der Waals surface area (Å²) in [7, 11) is -2.31. The number of hydrogen-bond donors (Lipinski definition) is 2. The second-order valence-corrected chi connectivity index (χ2v) is 6.79. The number of nitrogens with one attached hydrogen (secondary N) is 2. The summed E-state index contributed by atoms with van der Waals surface area (Å²) in [5.41, 5.74) is 0.461. The van der Waals surface area contributed by atoms with E-state index >= 15 is 0 Å². The highest BCUT2D eigenvalue weighted by Crippen LogP contribution is 2.15. The Bertz CT molecular complexity index is 640. The van der Waals surface area contributed by atoms with E-state index in [1.165, 1.54) is 31.4 Å². The van der Waals surface area contributed by atoms with Crippen LogP contribution in [-0.4, -0.2) is 33.4 Å². The molecule has 0 bridgehead atoms. The van der Waals surface area contributed by atoms with Gasteiger partial charge in [-0.2, -0.15) is 0 Å². The first-order chi connectivity index (χ1) is 10.8. The predicted molar refractivity (Wildman–Crippen MR) is 86.4 cm³/mol. The Balaban J connectivity index is 2.66. The molecule has 0 saturated heterocycles. The van der Waals surface area contributed by atoms with Crippen molar-refractivity contribution in [1.29, 1.82) is 0 Å². The molecule has 0 saturated carbocycles. The highest BCUT2D eigenvalue weighted by Gasteiger charge is 2.16. The average Bonchev–Trinajstić information content (AvgIpc) is 2.52. The Morgan fingerprint density at radius 3 is 2.30 bits per heavy atom. The minimum Gasteiger partial charge on any atom is -0.469 e. The number of ether oxygens (including phenoxy) is 1. The molecular formula is C15H22N2O5S. The van der Waals surface area contributed by atoms with E-state index in [1.54, 1.807) is 6.92 Å². The third-order valence-electron chi connectivity index (χ3n) is 3.20. The summed E-state index contributed by atoms with van der Waals surface area (Å²) < 4.78 is 31.2. The van der Waals surface area contributed by atoms with Crippen molar-refractivity contribution in [2.24, 2.45) is 0 Å². The summed E-state index contributed by atoms with van der Waals surface area (Å²) in [6.45, 7) is 3.67. The van der Waals surface area contributed by atoms with Crippen LogP contribution >= 0.6 is 0 Å². The fraction of sp³-hybridized carbons (Fsp3) is 0.467. The first-order valence-electron chi connectivity index (χ1n) is 7.27. The Morgan fingerprint density at radius 2 is 1.78 bits per heavy atom. The van der Waals surface area contributed by atoms with Crippen molar-refractivity contribution in [2.45, 2.75) is 44.0 Å². The minimum atomic E-state index is -3.57. The number of rotatable bonds is 8. The van der Waals surface area contributed by atoms with Crippen molar-refractivity contribution in [1.82, 2.24) is 4.72 Å². The van der Waals surface area contributed by atoms with E-state index in [1.807, 2.05) is 6.92 Å². The number of carbonyl (C=O) groups is 2. The lowest BCUT2D eigenvalue weighted by Gasteiger charge is -2.12. The van der Waals surface area contributed by atoms with Gasteiger partial charge in [-0.05, 0) is 37.6 Å². The molecule has 1 aromatic carbocycles. The molecular weight excluding hydrogens is 320 g/mol. The van der Waals surface area contributed by atoms with Gasteiger partial charge < -0.3 is 10.1 Å².